The quantitative estimate of drug-likeness (QED) is 0.731. The standard InChI is InChI=1S/C7H12O3.C3H9N.ClH/c1-5(7(9)10)3-4-6(2)8;1-4(2)3;/h3,6,8H,4H2,1-2H3,(H,9,10);1-3H3;1H. The first-order valence-electron chi connectivity index (χ1n) is 4.46. The molecule has 4 nitrogen and oxygen atoms in total. The Morgan fingerprint density at radius 2 is 1.73 bits per heavy atom. The summed E-state index contributed by atoms with van der Waals surface area (Å²) in [7, 11) is 6.00. The molecule has 0 bridgehead atoms. The van der Waals surface area contributed by atoms with Crippen molar-refractivity contribution in [3.63, 3.8) is 0 Å². The minimum atomic E-state index is -0.930. The number of aliphatic carboxylic acids is 1. The minimum absolute atomic E-state index is 0. The number of aliphatic hydroxyl groups excluding tert-OH is 1. The van der Waals surface area contributed by atoms with Gasteiger partial charge in [0, 0.05) is 5.57 Å². The van der Waals surface area contributed by atoms with Crippen molar-refractivity contribution >= 4 is 18.4 Å². The third-order valence-corrected chi connectivity index (χ3v) is 1.10. The molecular formula is C10H22ClNO3. The number of nitrogens with zero attached hydrogens (tertiary/aromatic N) is 1. The summed E-state index contributed by atoms with van der Waals surface area (Å²) in [6, 6.07) is 0. The van der Waals surface area contributed by atoms with Gasteiger partial charge in [-0.2, -0.15) is 0 Å². The molecule has 1 unspecified atom stereocenters. The number of carbonyl (C=O) groups is 1. The Morgan fingerprint density at radius 3 is 1.93 bits per heavy atom. The van der Waals surface area contributed by atoms with Gasteiger partial charge in [0.1, 0.15) is 0 Å². The van der Waals surface area contributed by atoms with Gasteiger partial charge in [-0.05, 0) is 41.4 Å². The number of rotatable bonds is 3. The Labute approximate surface area is 98.0 Å². The van der Waals surface area contributed by atoms with Crippen molar-refractivity contribution in [1.82, 2.24) is 4.90 Å². The predicted octanol–water partition coefficient (Wildman–Crippen LogP) is 1.39. The van der Waals surface area contributed by atoms with Crippen molar-refractivity contribution < 1.29 is 15.0 Å². The van der Waals surface area contributed by atoms with E-state index in [1.165, 1.54) is 13.0 Å². The second-order valence-electron chi connectivity index (χ2n) is 3.62. The van der Waals surface area contributed by atoms with Crippen LogP contribution in [0.4, 0.5) is 0 Å². The molecule has 0 aliphatic rings. The molecule has 0 aromatic carbocycles. The van der Waals surface area contributed by atoms with E-state index in [2.05, 4.69) is 0 Å². The molecule has 1 atom stereocenters. The van der Waals surface area contributed by atoms with E-state index in [1.807, 2.05) is 26.0 Å². The summed E-state index contributed by atoms with van der Waals surface area (Å²) in [6.07, 6.45) is 1.44. The normalized spacial score (nSPS) is 12.3. The van der Waals surface area contributed by atoms with Crippen LogP contribution in [-0.4, -0.2) is 48.3 Å². The number of halogens is 1. The Kier molecular flexibility index (Phi) is 15.3. The fourth-order valence-electron chi connectivity index (χ4n) is 0.435. The summed E-state index contributed by atoms with van der Waals surface area (Å²) in [5.41, 5.74) is 0.279. The molecule has 0 aromatic rings. The largest absolute Gasteiger partial charge is 0.478 e. The molecule has 0 aliphatic carbocycles. The number of hydrogen-bond donors (Lipinski definition) is 2. The summed E-state index contributed by atoms with van der Waals surface area (Å²) in [4.78, 5) is 12.2. The molecule has 0 saturated heterocycles. The van der Waals surface area contributed by atoms with Crippen molar-refractivity contribution in [3.05, 3.63) is 11.6 Å². The SMILES string of the molecule is CC(=CCC(C)O)C(=O)O.CN(C)C.Cl. The Morgan fingerprint density at radius 1 is 1.40 bits per heavy atom. The lowest BCUT2D eigenvalue weighted by Gasteiger charge is -1.97. The Balaban J connectivity index is -0.000000249. The third kappa shape index (κ3) is 24.7. The molecule has 92 valence electrons. The monoisotopic (exact) mass is 239 g/mol. The molecule has 2 N–H and O–H groups in total. The lowest BCUT2D eigenvalue weighted by molar-refractivity contribution is -0.132. The van der Waals surface area contributed by atoms with Crippen LogP contribution in [0, 0.1) is 0 Å². The van der Waals surface area contributed by atoms with Crippen LogP contribution in [-0.2, 0) is 4.79 Å². The topological polar surface area (TPSA) is 60.8 Å². The van der Waals surface area contributed by atoms with Crippen LogP contribution >= 0.6 is 12.4 Å². The van der Waals surface area contributed by atoms with Gasteiger partial charge < -0.3 is 15.1 Å². The van der Waals surface area contributed by atoms with E-state index < -0.39 is 12.1 Å². The molecule has 0 spiro atoms. The smallest absolute Gasteiger partial charge is 0.330 e. The molecular weight excluding hydrogens is 218 g/mol. The maximum atomic E-state index is 10.2. The summed E-state index contributed by atoms with van der Waals surface area (Å²) in [5, 5.41) is 17.1. The van der Waals surface area contributed by atoms with Gasteiger partial charge in [0.2, 0.25) is 0 Å². The van der Waals surface area contributed by atoms with Crippen LogP contribution in [0.2, 0.25) is 0 Å². The maximum absolute atomic E-state index is 10.2. The summed E-state index contributed by atoms with van der Waals surface area (Å²) < 4.78 is 0. The highest BCUT2D eigenvalue weighted by molar-refractivity contribution is 5.85. The third-order valence-electron chi connectivity index (χ3n) is 1.10. The number of carboxylic acids is 1. The average Bonchev–Trinajstić information content (AvgIpc) is 1.98. The van der Waals surface area contributed by atoms with Gasteiger partial charge in [0.25, 0.3) is 0 Å². The summed E-state index contributed by atoms with van der Waals surface area (Å²) in [6.45, 7) is 3.12. The van der Waals surface area contributed by atoms with E-state index in [4.69, 9.17) is 10.2 Å². The van der Waals surface area contributed by atoms with Gasteiger partial charge in [-0.1, -0.05) is 6.08 Å². The van der Waals surface area contributed by atoms with Crippen molar-refractivity contribution in [2.24, 2.45) is 0 Å². The van der Waals surface area contributed by atoms with Gasteiger partial charge in [-0.25, -0.2) is 4.79 Å². The molecule has 5 heteroatoms. The van der Waals surface area contributed by atoms with E-state index in [0.29, 0.717) is 6.42 Å². The molecule has 0 amide bonds. The number of aliphatic hydroxyl groups is 1. The highest BCUT2D eigenvalue weighted by Gasteiger charge is 1.99. The van der Waals surface area contributed by atoms with Crippen LogP contribution in [0.15, 0.2) is 11.6 Å². The zero-order chi connectivity index (χ0) is 11.7. The lowest BCUT2D eigenvalue weighted by Crippen LogP contribution is -2.00. The fraction of sp³-hybridized carbons (Fsp3) is 0.700. The van der Waals surface area contributed by atoms with E-state index >= 15 is 0 Å². The second-order valence-corrected chi connectivity index (χ2v) is 3.62. The van der Waals surface area contributed by atoms with Gasteiger partial charge in [-0.15, -0.1) is 12.4 Å². The van der Waals surface area contributed by atoms with Crippen LogP contribution < -0.4 is 0 Å². The molecule has 0 aromatic heterocycles. The van der Waals surface area contributed by atoms with Gasteiger partial charge in [0.15, 0.2) is 0 Å². The van der Waals surface area contributed by atoms with E-state index in [-0.39, 0.29) is 18.0 Å². The first-order chi connectivity index (χ1) is 6.27. The van der Waals surface area contributed by atoms with Crippen LogP contribution in [0.1, 0.15) is 20.3 Å². The maximum Gasteiger partial charge on any atom is 0.330 e. The Bertz CT molecular complexity index is 188. The van der Waals surface area contributed by atoms with E-state index in [0.717, 1.165) is 0 Å². The summed E-state index contributed by atoms with van der Waals surface area (Å²) >= 11 is 0. The molecule has 0 aliphatic heterocycles. The van der Waals surface area contributed by atoms with Gasteiger partial charge >= 0.3 is 5.97 Å². The minimum Gasteiger partial charge on any atom is -0.478 e. The first-order valence-corrected chi connectivity index (χ1v) is 4.46. The average molecular weight is 240 g/mol. The zero-order valence-electron chi connectivity index (χ0n) is 10.0. The van der Waals surface area contributed by atoms with Crippen molar-refractivity contribution in [1.29, 1.82) is 0 Å². The van der Waals surface area contributed by atoms with E-state index in [1.54, 1.807) is 6.92 Å². The Hall–Kier alpha value is -0.580. The van der Waals surface area contributed by atoms with Crippen molar-refractivity contribution in [3.8, 4) is 0 Å². The molecule has 0 saturated carbocycles. The molecule has 15 heavy (non-hydrogen) atoms. The number of carboxylic acid groups (broad SMARTS) is 1. The second kappa shape index (κ2) is 11.5. The summed E-state index contributed by atoms with van der Waals surface area (Å²) in [5.74, 6) is -0.930. The van der Waals surface area contributed by atoms with Crippen LogP contribution in [0.3, 0.4) is 0 Å². The van der Waals surface area contributed by atoms with Gasteiger partial charge in [0.05, 0.1) is 6.10 Å². The molecule has 0 rings (SSSR count). The lowest BCUT2D eigenvalue weighted by atomic mass is 10.2. The molecule has 0 radical (unpaired) electrons. The van der Waals surface area contributed by atoms with Crippen LogP contribution in [0.5, 0.6) is 0 Å². The molecule has 0 fully saturated rings. The number of hydrogen-bond acceptors (Lipinski definition) is 3. The molecule has 0 heterocycles. The van der Waals surface area contributed by atoms with E-state index in [9.17, 15) is 4.79 Å². The van der Waals surface area contributed by atoms with Crippen LogP contribution in [0.25, 0.3) is 0 Å². The fourth-order valence-corrected chi connectivity index (χ4v) is 0.435. The first kappa shape index (κ1) is 19.9. The highest BCUT2D eigenvalue weighted by atomic mass is 35.5. The van der Waals surface area contributed by atoms with Crippen molar-refractivity contribution in [2.45, 2.75) is 26.4 Å². The highest BCUT2D eigenvalue weighted by Crippen LogP contribution is 1.97. The van der Waals surface area contributed by atoms with Gasteiger partial charge in [-0.3, -0.25) is 0 Å². The predicted molar refractivity (Wildman–Crippen MR) is 64.5 cm³/mol. The van der Waals surface area contributed by atoms with Crippen molar-refractivity contribution in [2.75, 3.05) is 21.1 Å². The zero-order valence-corrected chi connectivity index (χ0v) is 10.8.